The molecule has 1 atom stereocenters. The summed E-state index contributed by atoms with van der Waals surface area (Å²) >= 11 is 0. The van der Waals surface area contributed by atoms with Gasteiger partial charge in [-0.25, -0.2) is 4.39 Å². The number of halogens is 1. The Labute approximate surface area is 141 Å². The van der Waals surface area contributed by atoms with E-state index in [-0.39, 0.29) is 18.1 Å². The van der Waals surface area contributed by atoms with Crippen LogP contribution in [0.1, 0.15) is 35.9 Å². The van der Waals surface area contributed by atoms with Gasteiger partial charge in [0.1, 0.15) is 24.3 Å². The smallest absolute Gasteiger partial charge is 0.253 e. The van der Waals surface area contributed by atoms with Gasteiger partial charge in [-0.15, -0.1) is 0 Å². The number of aliphatic hydroxyl groups excluding tert-OH is 1. The van der Waals surface area contributed by atoms with E-state index in [0.717, 1.165) is 0 Å². The first-order valence-electron chi connectivity index (χ1n) is 8.01. The molecule has 0 spiro atoms. The quantitative estimate of drug-likeness (QED) is 0.846. The second-order valence-electron chi connectivity index (χ2n) is 5.35. The summed E-state index contributed by atoms with van der Waals surface area (Å²) < 4.78 is 19.1. The predicted molar refractivity (Wildman–Crippen MR) is 90.5 cm³/mol. The van der Waals surface area contributed by atoms with E-state index >= 15 is 0 Å². The van der Waals surface area contributed by atoms with Gasteiger partial charge in [0.2, 0.25) is 0 Å². The molecule has 0 radical (unpaired) electrons. The number of ether oxygens (including phenoxy) is 1. The van der Waals surface area contributed by atoms with Crippen molar-refractivity contribution in [2.24, 2.45) is 0 Å². The maximum atomic E-state index is 13.6. The maximum absolute atomic E-state index is 13.6. The average Bonchev–Trinajstić information content (AvgIpc) is 2.61. The fourth-order valence-electron chi connectivity index (χ4n) is 2.40. The third kappa shape index (κ3) is 4.32. The molecule has 4 nitrogen and oxygen atoms in total. The lowest BCUT2D eigenvalue weighted by atomic mass is 10.1. The summed E-state index contributed by atoms with van der Waals surface area (Å²) in [6.45, 7) is 5.11. The maximum Gasteiger partial charge on any atom is 0.253 e. The lowest BCUT2D eigenvalue weighted by Gasteiger charge is -2.19. The molecule has 24 heavy (non-hydrogen) atoms. The molecule has 0 saturated heterocycles. The Morgan fingerprint density at radius 1 is 1.12 bits per heavy atom. The summed E-state index contributed by atoms with van der Waals surface area (Å²) in [7, 11) is 0. The van der Waals surface area contributed by atoms with Gasteiger partial charge in [0.15, 0.2) is 0 Å². The number of rotatable bonds is 7. The molecule has 2 rings (SSSR count). The van der Waals surface area contributed by atoms with E-state index in [1.807, 2.05) is 13.8 Å². The van der Waals surface area contributed by atoms with E-state index < -0.39 is 11.9 Å². The van der Waals surface area contributed by atoms with Gasteiger partial charge in [0, 0.05) is 24.2 Å². The van der Waals surface area contributed by atoms with Crippen molar-refractivity contribution in [2.75, 3.05) is 19.7 Å². The summed E-state index contributed by atoms with van der Waals surface area (Å²) in [4.78, 5) is 13.9. The van der Waals surface area contributed by atoms with Gasteiger partial charge in [-0.3, -0.25) is 4.79 Å². The molecule has 1 N–H and O–H groups in total. The molecule has 1 unspecified atom stereocenters. The van der Waals surface area contributed by atoms with E-state index in [1.165, 1.54) is 12.1 Å². The largest absolute Gasteiger partial charge is 0.491 e. The van der Waals surface area contributed by atoms with Crippen molar-refractivity contribution >= 4 is 5.91 Å². The van der Waals surface area contributed by atoms with Crippen molar-refractivity contribution in [3.63, 3.8) is 0 Å². The first kappa shape index (κ1) is 17.9. The van der Waals surface area contributed by atoms with Gasteiger partial charge in [0.25, 0.3) is 5.91 Å². The number of benzene rings is 2. The van der Waals surface area contributed by atoms with E-state index in [0.29, 0.717) is 24.4 Å². The summed E-state index contributed by atoms with van der Waals surface area (Å²) in [6.07, 6.45) is -1.05. The van der Waals surface area contributed by atoms with Gasteiger partial charge >= 0.3 is 0 Å². The number of aliphatic hydroxyl groups is 1. The molecule has 0 fully saturated rings. The van der Waals surface area contributed by atoms with Crippen molar-refractivity contribution < 1.29 is 19.0 Å². The zero-order chi connectivity index (χ0) is 17.5. The second kappa shape index (κ2) is 8.45. The molecule has 0 aliphatic carbocycles. The number of carbonyl (C=O) groups excluding carboxylic acids is 1. The van der Waals surface area contributed by atoms with Crippen molar-refractivity contribution in [1.29, 1.82) is 0 Å². The fourth-order valence-corrected chi connectivity index (χ4v) is 2.40. The molecular formula is C19H22FNO3. The van der Waals surface area contributed by atoms with E-state index in [9.17, 15) is 14.3 Å². The van der Waals surface area contributed by atoms with Crippen LogP contribution in [0.15, 0.2) is 48.5 Å². The first-order chi connectivity index (χ1) is 11.6. The van der Waals surface area contributed by atoms with E-state index in [4.69, 9.17) is 4.74 Å². The summed E-state index contributed by atoms with van der Waals surface area (Å²) in [5.74, 6) is 0.0215. The normalized spacial score (nSPS) is 11.8. The monoisotopic (exact) mass is 331 g/mol. The van der Waals surface area contributed by atoms with Crippen LogP contribution in [0.2, 0.25) is 0 Å². The number of carbonyl (C=O) groups is 1. The van der Waals surface area contributed by atoms with Crippen molar-refractivity contribution in [3.8, 4) is 5.75 Å². The van der Waals surface area contributed by atoms with E-state index in [2.05, 4.69) is 0 Å². The van der Waals surface area contributed by atoms with Crippen LogP contribution in [-0.2, 0) is 0 Å². The standard InChI is InChI=1S/C19H22FNO3/c1-3-21(4-2)19(23)14-9-11-15(12-10-14)24-13-18(22)16-7-5-6-8-17(16)20/h5-12,18,22H,3-4,13H2,1-2H3. The molecular weight excluding hydrogens is 309 g/mol. The molecule has 5 heteroatoms. The Morgan fingerprint density at radius 2 is 1.75 bits per heavy atom. The van der Waals surface area contributed by atoms with E-state index in [1.54, 1.807) is 41.3 Å². The number of hydrogen-bond donors (Lipinski definition) is 1. The number of hydrogen-bond acceptors (Lipinski definition) is 3. The van der Waals surface area contributed by atoms with Crippen LogP contribution in [0.5, 0.6) is 5.75 Å². The highest BCUT2D eigenvalue weighted by molar-refractivity contribution is 5.94. The van der Waals surface area contributed by atoms with Crippen LogP contribution < -0.4 is 4.74 Å². The second-order valence-corrected chi connectivity index (χ2v) is 5.35. The van der Waals surface area contributed by atoms with Gasteiger partial charge in [0.05, 0.1) is 0 Å². The molecule has 0 aliphatic rings. The average molecular weight is 331 g/mol. The Bertz CT molecular complexity index is 669. The lowest BCUT2D eigenvalue weighted by molar-refractivity contribution is 0.0772. The van der Waals surface area contributed by atoms with Crippen LogP contribution in [-0.4, -0.2) is 35.6 Å². The summed E-state index contributed by atoms with van der Waals surface area (Å²) in [5.41, 5.74) is 0.784. The van der Waals surface area contributed by atoms with Crippen LogP contribution in [0.25, 0.3) is 0 Å². The van der Waals surface area contributed by atoms with Crippen LogP contribution in [0.3, 0.4) is 0 Å². The molecule has 1 amide bonds. The molecule has 2 aromatic rings. The highest BCUT2D eigenvalue weighted by Gasteiger charge is 2.14. The summed E-state index contributed by atoms with van der Waals surface area (Å²) in [6, 6.07) is 12.8. The molecule has 128 valence electrons. The van der Waals surface area contributed by atoms with Crippen LogP contribution >= 0.6 is 0 Å². The minimum Gasteiger partial charge on any atom is -0.491 e. The Kier molecular flexibility index (Phi) is 6.32. The topological polar surface area (TPSA) is 49.8 Å². The highest BCUT2D eigenvalue weighted by atomic mass is 19.1. The van der Waals surface area contributed by atoms with Gasteiger partial charge < -0.3 is 14.7 Å². The molecule has 0 heterocycles. The SMILES string of the molecule is CCN(CC)C(=O)c1ccc(OCC(O)c2ccccc2F)cc1. The number of nitrogens with zero attached hydrogens (tertiary/aromatic N) is 1. The molecule has 0 aliphatic heterocycles. The Balaban J connectivity index is 1.97. The Morgan fingerprint density at radius 3 is 2.33 bits per heavy atom. The van der Waals surface area contributed by atoms with Crippen molar-refractivity contribution in [1.82, 2.24) is 4.90 Å². The predicted octanol–water partition coefficient (Wildman–Crippen LogP) is 3.42. The van der Waals surface area contributed by atoms with Crippen LogP contribution in [0, 0.1) is 5.82 Å². The zero-order valence-corrected chi connectivity index (χ0v) is 13.9. The zero-order valence-electron chi connectivity index (χ0n) is 13.9. The van der Waals surface area contributed by atoms with Gasteiger partial charge in [-0.1, -0.05) is 18.2 Å². The number of amides is 1. The third-order valence-electron chi connectivity index (χ3n) is 3.82. The fraction of sp³-hybridized carbons (Fsp3) is 0.316. The molecule has 0 aromatic heterocycles. The van der Waals surface area contributed by atoms with Crippen LogP contribution in [0.4, 0.5) is 4.39 Å². The molecule has 0 saturated carbocycles. The highest BCUT2D eigenvalue weighted by Crippen LogP contribution is 2.19. The minimum atomic E-state index is -1.05. The molecule has 0 bridgehead atoms. The lowest BCUT2D eigenvalue weighted by Crippen LogP contribution is -2.30. The van der Waals surface area contributed by atoms with Crippen molar-refractivity contribution in [3.05, 3.63) is 65.5 Å². The van der Waals surface area contributed by atoms with Crippen molar-refractivity contribution in [2.45, 2.75) is 20.0 Å². The van der Waals surface area contributed by atoms with Gasteiger partial charge in [-0.05, 0) is 44.2 Å². The Hall–Kier alpha value is -2.40. The summed E-state index contributed by atoms with van der Waals surface area (Å²) in [5, 5.41) is 10.0. The van der Waals surface area contributed by atoms with Gasteiger partial charge in [-0.2, -0.15) is 0 Å². The third-order valence-corrected chi connectivity index (χ3v) is 3.82. The first-order valence-corrected chi connectivity index (χ1v) is 8.01. The molecule has 2 aromatic carbocycles. The minimum absolute atomic E-state index is 0.0297.